The van der Waals surface area contributed by atoms with Crippen molar-refractivity contribution in [3.8, 4) is 6.07 Å². The van der Waals surface area contributed by atoms with E-state index in [0.717, 1.165) is 0 Å². The highest BCUT2D eigenvalue weighted by Gasteiger charge is 2.17. The van der Waals surface area contributed by atoms with E-state index in [1.807, 2.05) is 6.07 Å². The lowest BCUT2D eigenvalue weighted by molar-refractivity contribution is -0.120. The Morgan fingerprint density at radius 2 is 2.00 bits per heavy atom. The minimum atomic E-state index is -0.897. The first-order valence-electron chi connectivity index (χ1n) is 6.71. The van der Waals surface area contributed by atoms with Gasteiger partial charge in [0, 0.05) is 17.8 Å². The Bertz CT molecular complexity index is 707. The van der Waals surface area contributed by atoms with Crippen molar-refractivity contribution >= 4 is 23.2 Å². The average Bonchev–Trinajstić information content (AvgIpc) is 2.54. The largest absolute Gasteiger partial charge is 0.388 e. The molecule has 0 aliphatic heterocycles. The predicted octanol–water partition coefficient (Wildman–Crippen LogP) is 3.30. The third kappa shape index (κ3) is 3.85. The van der Waals surface area contributed by atoms with Crippen molar-refractivity contribution in [3.05, 3.63) is 64.7 Å². The Balaban J connectivity index is 2.07. The van der Waals surface area contributed by atoms with Crippen molar-refractivity contribution in [3.63, 3.8) is 0 Å². The summed E-state index contributed by atoms with van der Waals surface area (Å²) in [7, 11) is 1.62. The van der Waals surface area contributed by atoms with Gasteiger partial charge in [0.25, 0.3) is 0 Å². The van der Waals surface area contributed by atoms with Crippen molar-refractivity contribution in [1.29, 1.82) is 5.26 Å². The molecule has 1 N–H and O–H groups in total. The molecule has 0 aliphatic rings. The number of benzene rings is 2. The molecule has 1 atom stereocenters. The Hall–Kier alpha value is -2.35. The fourth-order valence-corrected chi connectivity index (χ4v) is 2.16. The van der Waals surface area contributed by atoms with Crippen LogP contribution in [0.25, 0.3) is 0 Å². The number of carbonyl (C=O) groups is 1. The molecule has 0 aliphatic carbocycles. The number of halogens is 1. The van der Waals surface area contributed by atoms with Crippen molar-refractivity contribution in [1.82, 2.24) is 0 Å². The van der Waals surface area contributed by atoms with Crippen LogP contribution in [0.5, 0.6) is 0 Å². The molecule has 2 aromatic carbocycles. The van der Waals surface area contributed by atoms with Crippen LogP contribution in [0, 0.1) is 11.3 Å². The summed E-state index contributed by atoms with van der Waals surface area (Å²) in [5.41, 5.74) is 1.74. The summed E-state index contributed by atoms with van der Waals surface area (Å²) in [4.78, 5) is 13.7. The molecule has 0 heterocycles. The monoisotopic (exact) mass is 314 g/mol. The Labute approximate surface area is 134 Å². The number of aliphatic hydroxyl groups excluding tert-OH is 1. The number of hydrogen-bond donors (Lipinski definition) is 1. The number of nitriles is 1. The second kappa shape index (κ2) is 7.08. The first-order valence-corrected chi connectivity index (χ1v) is 7.09. The van der Waals surface area contributed by atoms with E-state index in [0.29, 0.717) is 21.8 Å². The highest BCUT2D eigenvalue weighted by Crippen LogP contribution is 2.22. The molecule has 0 fully saturated rings. The number of aliphatic hydroxyl groups is 1. The van der Waals surface area contributed by atoms with E-state index in [1.54, 1.807) is 55.6 Å². The van der Waals surface area contributed by atoms with Gasteiger partial charge in [0.05, 0.1) is 24.2 Å². The van der Waals surface area contributed by atoms with Crippen LogP contribution < -0.4 is 4.90 Å². The minimum Gasteiger partial charge on any atom is -0.388 e. The van der Waals surface area contributed by atoms with Gasteiger partial charge in [0.2, 0.25) is 5.91 Å². The van der Waals surface area contributed by atoms with Gasteiger partial charge in [0.1, 0.15) is 0 Å². The highest BCUT2D eigenvalue weighted by atomic mass is 35.5. The molecule has 4 nitrogen and oxygen atoms in total. The van der Waals surface area contributed by atoms with Crippen LogP contribution in [0.4, 0.5) is 5.69 Å². The molecule has 2 rings (SSSR count). The fraction of sp³-hybridized carbons (Fsp3) is 0.176. The molecule has 1 unspecified atom stereocenters. The first kappa shape index (κ1) is 16.0. The van der Waals surface area contributed by atoms with E-state index in [-0.39, 0.29) is 12.3 Å². The van der Waals surface area contributed by atoms with Gasteiger partial charge >= 0.3 is 0 Å². The Morgan fingerprint density at radius 1 is 1.32 bits per heavy atom. The quantitative estimate of drug-likeness (QED) is 0.941. The standard InChI is InChI=1S/C17H15ClN2O2/c1-20(15-4-2-3-12(9-15)11-19)17(22)10-16(21)13-5-7-14(18)8-6-13/h2-9,16,21H,10H2,1H3. The molecule has 112 valence electrons. The summed E-state index contributed by atoms with van der Waals surface area (Å²) >= 11 is 5.80. The lowest BCUT2D eigenvalue weighted by Crippen LogP contribution is -2.27. The van der Waals surface area contributed by atoms with Crippen molar-refractivity contribution < 1.29 is 9.90 Å². The van der Waals surface area contributed by atoms with Gasteiger partial charge in [-0.05, 0) is 35.9 Å². The van der Waals surface area contributed by atoms with Gasteiger partial charge in [-0.1, -0.05) is 29.8 Å². The lowest BCUT2D eigenvalue weighted by atomic mass is 10.1. The summed E-state index contributed by atoms with van der Waals surface area (Å²) in [6, 6.07) is 15.5. The second-order valence-corrected chi connectivity index (χ2v) is 5.32. The molecule has 0 saturated heterocycles. The molecule has 0 bridgehead atoms. The van der Waals surface area contributed by atoms with E-state index >= 15 is 0 Å². The summed E-state index contributed by atoms with van der Waals surface area (Å²) in [6.07, 6.45) is -0.944. The van der Waals surface area contributed by atoms with Crippen LogP contribution in [0.2, 0.25) is 5.02 Å². The third-order valence-electron chi connectivity index (χ3n) is 3.36. The van der Waals surface area contributed by atoms with Gasteiger partial charge in [-0.3, -0.25) is 4.79 Å². The highest BCUT2D eigenvalue weighted by molar-refractivity contribution is 6.30. The van der Waals surface area contributed by atoms with Crippen molar-refractivity contribution in [2.75, 3.05) is 11.9 Å². The predicted molar refractivity (Wildman–Crippen MR) is 85.6 cm³/mol. The van der Waals surface area contributed by atoms with Crippen molar-refractivity contribution in [2.24, 2.45) is 0 Å². The van der Waals surface area contributed by atoms with E-state index in [4.69, 9.17) is 16.9 Å². The van der Waals surface area contributed by atoms with E-state index < -0.39 is 6.10 Å². The molecule has 0 spiro atoms. The zero-order valence-electron chi connectivity index (χ0n) is 12.0. The maximum Gasteiger partial charge on any atom is 0.229 e. The number of nitrogens with zero attached hydrogens (tertiary/aromatic N) is 2. The van der Waals surface area contributed by atoms with Crippen LogP contribution in [0.1, 0.15) is 23.7 Å². The number of carbonyl (C=O) groups excluding carboxylic acids is 1. The SMILES string of the molecule is CN(C(=O)CC(O)c1ccc(Cl)cc1)c1cccc(C#N)c1. The molecule has 0 radical (unpaired) electrons. The van der Waals surface area contributed by atoms with Gasteiger partial charge in [-0.2, -0.15) is 5.26 Å². The van der Waals surface area contributed by atoms with E-state index in [1.165, 1.54) is 4.90 Å². The van der Waals surface area contributed by atoms with Gasteiger partial charge in [-0.15, -0.1) is 0 Å². The summed E-state index contributed by atoms with van der Waals surface area (Å²) in [5.74, 6) is -0.238. The molecule has 0 saturated carbocycles. The Morgan fingerprint density at radius 3 is 2.64 bits per heavy atom. The molecule has 0 aromatic heterocycles. The third-order valence-corrected chi connectivity index (χ3v) is 3.61. The molecular weight excluding hydrogens is 300 g/mol. The van der Waals surface area contributed by atoms with Gasteiger partial charge in [0.15, 0.2) is 0 Å². The summed E-state index contributed by atoms with van der Waals surface area (Å²) in [5, 5.41) is 19.6. The number of hydrogen-bond acceptors (Lipinski definition) is 3. The molecule has 22 heavy (non-hydrogen) atoms. The molecular formula is C17H15ClN2O2. The van der Waals surface area contributed by atoms with Crippen molar-refractivity contribution in [2.45, 2.75) is 12.5 Å². The lowest BCUT2D eigenvalue weighted by Gasteiger charge is -2.19. The Kier molecular flexibility index (Phi) is 5.16. The van der Waals surface area contributed by atoms with Crippen LogP contribution in [0.3, 0.4) is 0 Å². The summed E-state index contributed by atoms with van der Waals surface area (Å²) in [6.45, 7) is 0. The van der Waals surface area contributed by atoms with E-state index in [2.05, 4.69) is 0 Å². The first-order chi connectivity index (χ1) is 10.5. The second-order valence-electron chi connectivity index (χ2n) is 4.89. The maximum absolute atomic E-state index is 12.3. The number of anilines is 1. The molecule has 5 heteroatoms. The van der Waals surface area contributed by atoms with Gasteiger partial charge < -0.3 is 10.0 Å². The summed E-state index contributed by atoms with van der Waals surface area (Å²) < 4.78 is 0. The fourth-order valence-electron chi connectivity index (χ4n) is 2.03. The zero-order valence-corrected chi connectivity index (χ0v) is 12.8. The topological polar surface area (TPSA) is 64.3 Å². The minimum absolute atomic E-state index is 0.0467. The average molecular weight is 315 g/mol. The van der Waals surface area contributed by atoms with Crippen LogP contribution in [-0.4, -0.2) is 18.1 Å². The van der Waals surface area contributed by atoms with Gasteiger partial charge in [-0.25, -0.2) is 0 Å². The molecule has 2 aromatic rings. The van der Waals surface area contributed by atoms with Crippen LogP contribution in [0.15, 0.2) is 48.5 Å². The number of rotatable bonds is 4. The smallest absolute Gasteiger partial charge is 0.229 e. The maximum atomic E-state index is 12.3. The van der Waals surface area contributed by atoms with Crippen LogP contribution in [-0.2, 0) is 4.79 Å². The normalized spacial score (nSPS) is 11.5. The molecule has 1 amide bonds. The van der Waals surface area contributed by atoms with E-state index in [9.17, 15) is 9.90 Å². The number of amides is 1. The zero-order chi connectivity index (χ0) is 16.1. The van der Waals surface area contributed by atoms with Crippen LogP contribution >= 0.6 is 11.6 Å².